The van der Waals surface area contributed by atoms with E-state index >= 15 is 0 Å². The number of piperidine rings is 1. The zero-order valence-corrected chi connectivity index (χ0v) is 14.6. The molecule has 1 aliphatic heterocycles. The lowest BCUT2D eigenvalue weighted by Crippen LogP contribution is -2.44. The van der Waals surface area contributed by atoms with E-state index in [0.29, 0.717) is 18.0 Å². The molecule has 1 aliphatic rings. The van der Waals surface area contributed by atoms with Gasteiger partial charge in [-0.3, -0.25) is 0 Å². The number of hydrogen-bond acceptors (Lipinski definition) is 2. The fourth-order valence-corrected chi connectivity index (χ4v) is 5.31. The number of halogens is 2. The normalized spacial score (nSPS) is 26.2. The monoisotopic (exact) mass is 443 g/mol. The molecule has 0 bridgehead atoms. The van der Waals surface area contributed by atoms with Crippen molar-refractivity contribution in [3.63, 3.8) is 0 Å². The molecular formula is C12H15BrINO2S. The Morgan fingerprint density at radius 3 is 2.50 bits per heavy atom. The molecule has 1 heterocycles. The maximum atomic E-state index is 12.5. The summed E-state index contributed by atoms with van der Waals surface area (Å²) in [6.07, 6.45) is 1.88. The van der Waals surface area contributed by atoms with Gasteiger partial charge in [0.2, 0.25) is 10.0 Å². The van der Waals surface area contributed by atoms with E-state index in [0.717, 1.165) is 18.4 Å². The number of alkyl halides is 2. The Bertz CT molecular complexity index is 528. The molecule has 0 aromatic heterocycles. The molecule has 6 heteroatoms. The Labute approximate surface area is 130 Å². The minimum Gasteiger partial charge on any atom is -0.207 e. The van der Waals surface area contributed by atoms with Crippen LogP contribution in [0.15, 0.2) is 29.2 Å². The molecular weight excluding hydrogens is 429 g/mol. The Hall–Kier alpha value is 0.340. The molecule has 0 aliphatic carbocycles. The van der Waals surface area contributed by atoms with Crippen molar-refractivity contribution < 1.29 is 8.42 Å². The predicted octanol–water partition coefficient (Wildman–Crippen LogP) is 3.31. The Morgan fingerprint density at radius 2 is 1.94 bits per heavy atom. The molecule has 0 radical (unpaired) electrons. The molecule has 1 aromatic carbocycles. The van der Waals surface area contributed by atoms with Crippen molar-refractivity contribution in [1.82, 2.24) is 4.31 Å². The highest BCUT2D eigenvalue weighted by Crippen LogP contribution is 2.38. The van der Waals surface area contributed by atoms with E-state index in [-0.39, 0.29) is 2.33 Å². The molecule has 0 amide bonds. The summed E-state index contributed by atoms with van der Waals surface area (Å²) in [7, 11) is -3.35. The highest BCUT2D eigenvalue weighted by Gasteiger charge is 2.36. The molecule has 1 unspecified atom stereocenters. The first-order valence-corrected chi connectivity index (χ1v) is 9.07. The van der Waals surface area contributed by atoms with Crippen molar-refractivity contribution in [2.45, 2.75) is 27.0 Å². The summed E-state index contributed by atoms with van der Waals surface area (Å²) in [5, 5.41) is 0. The van der Waals surface area contributed by atoms with Gasteiger partial charge in [0, 0.05) is 13.1 Å². The Balaban J connectivity index is 2.28. The second-order valence-electron chi connectivity index (χ2n) is 4.61. The third kappa shape index (κ3) is 3.26. The van der Waals surface area contributed by atoms with Crippen LogP contribution in [0.4, 0.5) is 0 Å². The number of aryl methyl sites for hydroxylation is 1. The van der Waals surface area contributed by atoms with Gasteiger partial charge in [0.1, 0.15) is 0 Å². The van der Waals surface area contributed by atoms with Crippen LogP contribution in [0.2, 0.25) is 0 Å². The number of hydrogen-bond donors (Lipinski definition) is 0. The smallest absolute Gasteiger partial charge is 0.207 e. The molecule has 3 nitrogen and oxygen atoms in total. The lowest BCUT2D eigenvalue weighted by atomic mass is 10.2. The summed E-state index contributed by atoms with van der Waals surface area (Å²) >= 11 is 5.87. The van der Waals surface area contributed by atoms with Crippen molar-refractivity contribution in [3.05, 3.63) is 29.8 Å². The minimum absolute atomic E-state index is 0.138. The van der Waals surface area contributed by atoms with Crippen LogP contribution in [0.5, 0.6) is 0 Å². The molecule has 1 atom stereocenters. The maximum Gasteiger partial charge on any atom is 0.243 e. The van der Waals surface area contributed by atoms with Crippen LogP contribution in [0.3, 0.4) is 0 Å². The van der Waals surface area contributed by atoms with Crippen LogP contribution in [-0.2, 0) is 10.0 Å². The second kappa shape index (κ2) is 5.38. The molecule has 1 aromatic rings. The largest absolute Gasteiger partial charge is 0.243 e. The number of nitrogens with zero attached hydrogens (tertiary/aromatic N) is 1. The van der Waals surface area contributed by atoms with Gasteiger partial charge in [-0.1, -0.05) is 56.2 Å². The van der Waals surface area contributed by atoms with Gasteiger partial charge in [-0.2, -0.15) is 4.31 Å². The van der Waals surface area contributed by atoms with Crippen molar-refractivity contribution in [2.24, 2.45) is 0 Å². The summed E-state index contributed by atoms with van der Waals surface area (Å²) in [4.78, 5) is 0.384. The zero-order valence-electron chi connectivity index (χ0n) is 10.1. The minimum atomic E-state index is -3.35. The van der Waals surface area contributed by atoms with Gasteiger partial charge in [0.25, 0.3) is 0 Å². The molecule has 1 fully saturated rings. The first kappa shape index (κ1) is 14.7. The van der Waals surface area contributed by atoms with Gasteiger partial charge in [-0.25, -0.2) is 8.42 Å². The van der Waals surface area contributed by atoms with Crippen LogP contribution in [0.1, 0.15) is 18.4 Å². The lowest BCUT2D eigenvalue weighted by molar-refractivity contribution is 0.350. The number of rotatable bonds is 2. The molecule has 1 saturated heterocycles. The van der Waals surface area contributed by atoms with Crippen molar-refractivity contribution in [1.29, 1.82) is 0 Å². The van der Waals surface area contributed by atoms with Gasteiger partial charge >= 0.3 is 0 Å². The van der Waals surface area contributed by atoms with Crippen molar-refractivity contribution in [2.75, 3.05) is 13.1 Å². The average Bonchev–Trinajstić information content (AvgIpc) is 2.28. The summed E-state index contributed by atoms with van der Waals surface area (Å²) in [5.41, 5.74) is 1.07. The number of benzene rings is 1. The second-order valence-corrected chi connectivity index (χ2v) is 11.6. The van der Waals surface area contributed by atoms with E-state index in [1.165, 1.54) is 0 Å². The zero-order chi connectivity index (χ0) is 13.4. The van der Waals surface area contributed by atoms with E-state index < -0.39 is 10.0 Å². The molecule has 100 valence electrons. The lowest BCUT2D eigenvalue weighted by Gasteiger charge is -2.34. The molecule has 0 saturated carbocycles. The maximum absolute atomic E-state index is 12.5. The summed E-state index contributed by atoms with van der Waals surface area (Å²) < 4.78 is 26.4. The van der Waals surface area contributed by atoms with Crippen LogP contribution < -0.4 is 0 Å². The third-order valence-electron chi connectivity index (χ3n) is 3.02. The fraction of sp³-hybridized carbons (Fsp3) is 0.500. The van der Waals surface area contributed by atoms with Gasteiger partial charge < -0.3 is 0 Å². The Morgan fingerprint density at radius 1 is 1.33 bits per heavy atom. The van der Waals surface area contributed by atoms with Crippen molar-refractivity contribution >= 4 is 48.5 Å². The van der Waals surface area contributed by atoms with Gasteiger partial charge in [-0.15, -0.1) is 0 Å². The first-order valence-electron chi connectivity index (χ1n) is 5.76. The summed E-state index contributed by atoms with van der Waals surface area (Å²) in [5.74, 6) is 0. The molecule has 0 spiro atoms. The standard InChI is InChI=1S/C12H15BrINO2S/c1-10-3-5-11(6-4-10)18(16,17)15-8-2-7-12(13,14)9-15/h3-6H,2,7-9H2,1H3. The van der Waals surface area contributed by atoms with E-state index in [1.54, 1.807) is 16.4 Å². The van der Waals surface area contributed by atoms with E-state index in [4.69, 9.17) is 0 Å². The Kier molecular flexibility index (Phi) is 4.40. The number of sulfonamides is 1. The van der Waals surface area contributed by atoms with Gasteiger partial charge in [0.05, 0.1) is 7.23 Å². The fourth-order valence-electron chi connectivity index (χ4n) is 1.99. The van der Waals surface area contributed by atoms with Gasteiger partial charge in [0.15, 0.2) is 0 Å². The van der Waals surface area contributed by atoms with E-state index in [9.17, 15) is 8.42 Å². The topological polar surface area (TPSA) is 37.4 Å². The molecule has 0 N–H and O–H groups in total. The highest BCUT2D eigenvalue weighted by atomic mass is 127. The highest BCUT2D eigenvalue weighted by molar-refractivity contribution is 14.1. The van der Waals surface area contributed by atoms with E-state index in [2.05, 4.69) is 38.5 Å². The molecule has 2 rings (SSSR count). The summed E-state index contributed by atoms with van der Waals surface area (Å²) in [6, 6.07) is 7.04. The predicted molar refractivity (Wildman–Crippen MR) is 84.8 cm³/mol. The van der Waals surface area contributed by atoms with E-state index in [1.807, 2.05) is 19.1 Å². The van der Waals surface area contributed by atoms with Crippen LogP contribution in [0.25, 0.3) is 0 Å². The van der Waals surface area contributed by atoms with Crippen LogP contribution in [0, 0.1) is 6.92 Å². The summed E-state index contributed by atoms with van der Waals surface area (Å²) in [6.45, 7) is 3.07. The average molecular weight is 444 g/mol. The van der Waals surface area contributed by atoms with Crippen LogP contribution >= 0.6 is 38.5 Å². The quantitative estimate of drug-likeness (QED) is 0.519. The first-order chi connectivity index (χ1) is 8.31. The molecule has 18 heavy (non-hydrogen) atoms. The SMILES string of the molecule is Cc1ccc(S(=O)(=O)N2CCCC(Br)(I)C2)cc1. The van der Waals surface area contributed by atoms with Gasteiger partial charge in [-0.05, 0) is 31.9 Å². The van der Waals surface area contributed by atoms with Crippen molar-refractivity contribution in [3.8, 4) is 0 Å². The third-order valence-corrected chi connectivity index (χ3v) is 6.40. The van der Waals surface area contributed by atoms with Crippen LogP contribution in [-0.4, -0.2) is 28.1 Å².